The molecule has 1 aliphatic heterocycles. The smallest absolute Gasteiger partial charge is 0.152 e. The molecule has 0 saturated heterocycles. The van der Waals surface area contributed by atoms with Gasteiger partial charge >= 0.3 is 0 Å². The molecule has 0 bridgehead atoms. The highest BCUT2D eigenvalue weighted by atomic mass is 35.5. The van der Waals surface area contributed by atoms with E-state index in [-0.39, 0.29) is 0 Å². The van der Waals surface area contributed by atoms with E-state index in [0.717, 1.165) is 13.0 Å². The largest absolute Gasteiger partial charge is 0.593 e. The fraction of sp³-hybridized carbons (Fsp3) is 0.818. The molecule has 15 heavy (non-hydrogen) atoms. The van der Waals surface area contributed by atoms with E-state index in [1.54, 1.807) is 4.31 Å². The van der Waals surface area contributed by atoms with Gasteiger partial charge in [-0.3, -0.25) is 0 Å². The van der Waals surface area contributed by atoms with Gasteiger partial charge in [-0.05, 0) is 6.42 Å². The van der Waals surface area contributed by atoms with Crippen molar-refractivity contribution < 1.29 is 4.55 Å². The van der Waals surface area contributed by atoms with E-state index >= 15 is 0 Å². The summed E-state index contributed by atoms with van der Waals surface area (Å²) in [6.07, 6.45) is 9.38. The molecule has 88 valence electrons. The van der Waals surface area contributed by atoms with Gasteiger partial charge in [0.2, 0.25) is 0 Å². The first-order chi connectivity index (χ1) is 7.25. The van der Waals surface area contributed by atoms with Gasteiger partial charge in [0.25, 0.3) is 0 Å². The number of nitrogens with zero attached hydrogens (tertiary/aromatic N) is 1. The van der Waals surface area contributed by atoms with Crippen molar-refractivity contribution in [2.45, 2.75) is 45.4 Å². The van der Waals surface area contributed by atoms with Crippen LogP contribution in [0.15, 0.2) is 11.2 Å². The van der Waals surface area contributed by atoms with Crippen molar-refractivity contribution in [2.24, 2.45) is 0 Å². The maximum absolute atomic E-state index is 11.5. The van der Waals surface area contributed by atoms with Crippen molar-refractivity contribution >= 4 is 23.0 Å². The van der Waals surface area contributed by atoms with Crippen LogP contribution in [0.2, 0.25) is 0 Å². The van der Waals surface area contributed by atoms with Crippen LogP contribution >= 0.6 is 11.6 Å². The van der Waals surface area contributed by atoms with Crippen LogP contribution in [0.25, 0.3) is 0 Å². The summed E-state index contributed by atoms with van der Waals surface area (Å²) in [7, 11) is 0. The molecular weight excluding hydrogens is 230 g/mol. The lowest BCUT2D eigenvalue weighted by molar-refractivity contribution is 0.477. The third-order valence-electron chi connectivity index (χ3n) is 2.59. The normalized spacial score (nSPS) is 20.9. The molecular formula is C11H20ClNOS. The van der Waals surface area contributed by atoms with E-state index in [2.05, 4.69) is 6.92 Å². The summed E-state index contributed by atoms with van der Waals surface area (Å²) < 4.78 is 13.3. The molecule has 0 N–H and O–H groups in total. The van der Waals surface area contributed by atoms with Crippen molar-refractivity contribution in [3.63, 3.8) is 0 Å². The van der Waals surface area contributed by atoms with Crippen molar-refractivity contribution in [3.05, 3.63) is 11.2 Å². The van der Waals surface area contributed by atoms with Crippen LogP contribution < -0.4 is 0 Å². The molecule has 0 radical (unpaired) electrons. The fourth-order valence-corrected chi connectivity index (χ4v) is 3.24. The lowest BCUT2D eigenvalue weighted by Crippen LogP contribution is -2.26. The van der Waals surface area contributed by atoms with Gasteiger partial charge in [0.05, 0.1) is 17.9 Å². The van der Waals surface area contributed by atoms with Gasteiger partial charge in [-0.15, -0.1) is 0 Å². The molecule has 0 fully saturated rings. The van der Waals surface area contributed by atoms with Gasteiger partial charge in [-0.1, -0.05) is 50.6 Å². The van der Waals surface area contributed by atoms with Gasteiger partial charge in [0.15, 0.2) is 10.9 Å². The number of halogens is 1. The molecule has 0 aromatic rings. The van der Waals surface area contributed by atoms with Gasteiger partial charge in [-0.25, -0.2) is 0 Å². The Labute approximate surface area is 101 Å². The Bertz CT molecular complexity index is 211. The van der Waals surface area contributed by atoms with Gasteiger partial charge in [0.1, 0.15) is 0 Å². The van der Waals surface area contributed by atoms with E-state index in [9.17, 15) is 4.55 Å². The van der Waals surface area contributed by atoms with E-state index in [4.69, 9.17) is 11.6 Å². The first kappa shape index (κ1) is 13.2. The highest BCUT2D eigenvalue weighted by molar-refractivity contribution is 7.89. The number of hydrogen-bond donors (Lipinski definition) is 0. The molecule has 0 amide bonds. The van der Waals surface area contributed by atoms with E-state index < -0.39 is 11.4 Å². The summed E-state index contributed by atoms with van der Waals surface area (Å²) in [5.74, 6) is 0.592. The topological polar surface area (TPSA) is 26.3 Å². The summed E-state index contributed by atoms with van der Waals surface area (Å²) in [5, 5.41) is 0.668. The van der Waals surface area contributed by atoms with E-state index in [0.29, 0.717) is 10.9 Å². The van der Waals surface area contributed by atoms with Crippen LogP contribution in [-0.4, -0.2) is 21.2 Å². The van der Waals surface area contributed by atoms with Crippen LogP contribution in [0.3, 0.4) is 0 Å². The molecule has 1 rings (SSSR count). The summed E-state index contributed by atoms with van der Waals surface area (Å²) in [5.41, 5.74) is 0. The number of unbranched alkanes of at least 4 members (excludes halogenated alkanes) is 5. The van der Waals surface area contributed by atoms with Crippen LogP contribution in [0, 0.1) is 0 Å². The number of hydrogen-bond acceptors (Lipinski definition) is 2. The Kier molecular flexibility index (Phi) is 6.53. The monoisotopic (exact) mass is 249 g/mol. The second-order valence-electron chi connectivity index (χ2n) is 3.88. The minimum Gasteiger partial charge on any atom is -0.593 e. The van der Waals surface area contributed by atoms with Crippen LogP contribution in [0.5, 0.6) is 0 Å². The molecule has 4 heteroatoms. The Balaban J connectivity index is 2.02. The Morgan fingerprint density at radius 1 is 1.33 bits per heavy atom. The zero-order valence-electron chi connectivity index (χ0n) is 9.38. The average molecular weight is 250 g/mol. The lowest BCUT2D eigenvalue weighted by Gasteiger charge is -2.19. The van der Waals surface area contributed by atoms with Gasteiger partial charge in [-0.2, -0.15) is 4.31 Å². The van der Waals surface area contributed by atoms with E-state index in [1.807, 2.05) is 6.08 Å². The van der Waals surface area contributed by atoms with Crippen LogP contribution in [-0.2, 0) is 11.4 Å². The predicted octanol–water partition coefficient (Wildman–Crippen LogP) is 3.41. The first-order valence-electron chi connectivity index (χ1n) is 5.77. The number of rotatable bonds is 7. The average Bonchev–Trinajstić information content (AvgIpc) is 2.54. The Morgan fingerprint density at radius 3 is 2.60 bits per heavy atom. The maximum atomic E-state index is 11.5. The standard InChI is InChI=1S/C11H20ClNOS/c1-2-3-4-5-6-7-9-13-11(12)8-10-15(13)14/h8H,2-7,9-10H2,1H3. The zero-order chi connectivity index (χ0) is 11.1. The van der Waals surface area contributed by atoms with Gasteiger partial charge < -0.3 is 4.55 Å². The molecule has 1 heterocycles. The molecule has 1 atom stereocenters. The highest BCUT2D eigenvalue weighted by Gasteiger charge is 2.26. The SMILES string of the molecule is CCCCCCCCN1C(Cl)=CC[S+]1[O-]. The maximum Gasteiger partial charge on any atom is 0.152 e. The lowest BCUT2D eigenvalue weighted by atomic mass is 10.1. The first-order valence-corrected chi connectivity index (χ1v) is 7.42. The minimum atomic E-state index is -0.891. The predicted molar refractivity (Wildman–Crippen MR) is 67.0 cm³/mol. The summed E-state index contributed by atoms with van der Waals surface area (Å²) in [4.78, 5) is 0. The molecule has 2 nitrogen and oxygen atoms in total. The highest BCUT2D eigenvalue weighted by Crippen LogP contribution is 2.23. The summed E-state index contributed by atoms with van der Waals surface area (Å²) >= 11 is 5.04. The van der Waals surface area contributed by atoms with Crippen molar-refractivity contribution in [1.29, 1.82) is 0 Å². The van der Waals surface area contributed by atoms with Crippen molar-refractivity contribution in [3.8, 4) is 0 Å². The molecule has 0 aromatic carbocycles. The molecule has 1 aliphatic rings. The molecule has 0 saturated carbocycles. The molecule has 0 aliphatic carbocycles. The minimum absolute atomic E-state index is 0.592. The second-order valence-corrected chi connectivity index (χ2v) is 5.69. The van der Waals surface area contributed by atoms with Gasteiger partial charge in [0, 0.05) is 6.08 Å². The Morgan fingerprint density at radius 2 is 2.00 bits per heavy atom. The van der Waals surface area contributed by atoms with Crippen molar-refractivity contribution in [1.82, 2.24) is 4.31 Å². The zero-order valence-corrected chi connectivity index (χ0v) is 10.9. The molecule has 0 aromatic heterocycles. The molecule has 1 unspecified atom stereocenters. The fourth-order valence-electron chi connectivity index (χ4n) is 1.67. The van der Waals surface area contributed by atoms with Crippen LogP contribution in [0.4, 0.5) is 0 Å². The van der Waals surface area contributed by atoms with Crippen molar-refractivity contribution in [2.75, 3.05) is 12.3 Å². The third kappa shape index (κ3) is 4.66. The quantitative estimate of drug-likeness (QED) is 0.393. The van der Waals surface area contributed by atoms with Crippen LogP contribution in [0.1, 0.15) is 45.4 Å². The Hall–Kier alpha value is 0.140. The third-order valence-corrected chi connectivity index (χ3v) is 4.37. The van der Waals surface area contributed by atoms with E-state index in [1.165, 1.54) is 32.1 Å². The second kappa shape index (κ2) is 7.42. The molecule has 0 spiro atoms. The summed E-state index contributed by atoms with van der Waals surface area (Å²) in [6.45, 7) is 3.06. The summed E-state index contributed by atoms with van der Waals surface area (Å²) in [6, 6.07) is 0.